The molecule has 0 saturated carbocycles. The lowest BCUT2D eigenvalue weighted by Crippen LogP contribution is -2.07. The first-order valence-electron chi connectivity index (χ1n) is 3.76. The van der Waals surface area contributed by atoms with Crippen LogP contribution in [0, 0.1) is 5.82 Å². The normalized spacial score (nSPS) is 10.7. The van der Waals surface area contributed by atoms with Gasteiger partial charge in [0.1, 0.15) is 5.69 Å². The molecule has 0 fully saturated rings. The number of carboxylic acids is 1. The fourth-order valence-corrected chi connectivity index (χ4v) is 1.16. The first-order valence-corrected chi connectivity index (χ1v) is 4.14. The van der Waals surface area contributed by atoms with E-state index in [1.165, 1.54) is 0 Å². The molecule has 0 aliphatic heterocycles. The van der Waals surface area contributed by atoms with Gasteiger partial charge in [-0.15, -0.1) is 0 Å². The number of aromatic nitrogens is 1. The maximum atomic E-state index is 13.1. The molecule has 0 unspecified atom stereocenters. The Labute approximate surface area is 87.5 Å². The first kappa shape index (κ1) is 11.8. The van der Waals surface area contributed by atoms with Crippen molar-refractivity contribution in [2.24, 2.45) is 0 Å². The van der Waals surface area contributed by atoms with Gasteiger partial charge in [-0.25, -0.2) is 18.2 Å². The summed E-state index contributed by atoms with van der Waals surface area (Å²) in [4.78, 5) is 13.5. The number of aliphatic carboxylic acids is 1. The van der Waals surface area contributed by atoms with E-state index in [2.05, 4.69) is 4.98 Å². The van der Waals surface area contributed by atoms with Crippen molar-refractivity contribution >= 4 is 17.6 Å². The average molecular weight is 240 g/mol. The summed E-state index contributed by atoms with van der Waals surface area (Å²) in [6.45, 7) is 0. The molecule has 0 aliphatic carbocycles. The van der Waals surface area contributed by atoms with Crippen molar-refractivity contribution in [3.63, 3.8) is 0 Å². The monoisotopic (exact) mass is 239 g/mol. The number of alkyl halides is 2. The van der Waals surface area contributed by atoms with Gasteiger partial charge in [-0.2, -0.15) is 0 Å². The van der Waals surface area contributed by atoms with E-state index in [9.17, 15) is 18.0 Å². The van der Waals surface area contributed by atoms with E-state index in [4.69, 9.17) is 16.7 Å². The summed E-state index contributed by atoms with van der Waals surface area (Å²) < 4.78 is 37.5. The van der Waals surface area contributed by atoms with E-state index in [0.29, 0.717) is 6.07 Å². The zero-order chi connectivity index (χ0) is 11.6. The third-order valence-corrected chi connectivity index (χ3v) is 1.82. The van der Waals surface area contributed by atoms with E-state index in [0.717, 1.165) is 0 Å². The molecule has 1 rings (SSSR count). The second-order valence-corrected chi connectivity index (χ2v) is 3.07. The van der Waals surface area contributed by atoms with Gasteiger partial charge in [-0.1, -0.05) is 11.6 Å². The molecule has 1 aromatic heterocycles. The fraction of sp³-hybridized carbons (Fsp3) is 0.250. The first-order chi connectivity index (χ1) is 6.91. The molecule has 15 heavy (non-hydrogen) atoms. The van der Waals surface area contributed by atoms with Crippen molar-refractivity contribution in [1.29, 1.82) is 0 Å². The molecule has 0 saturated heterocycles. The summed E-state index contributed by atoms with van der Waals surface area (Å²) in [6.07, 6.45) is -3.71. The van der Waals surface area contributed by atoms with Crippen molar-refractivity contribution < 1.29 is 23.1 Å². The second-order valence-electron chi connectivity index (χ2n) is 2.66. The highest BCUT2D eigenvalue weighted by Crippen LogP contribution is 2.24. The maximum Gasteiger partial charge on any atom is 0.309 e. The minimum Gasteiger partial charge on any atom is -0.481 e. The van der Waals surface area contributed by atoms with Gasteiger partial charge >= 0.3 is 5.97 Å². The summed E-state index contributed by atoms with van der Waals surface area (Å²) in [7, 11) is 0. The highest BCUT2D eigenvalue weighted by molar-refractivity contribution is 6.30. The molecule has 1 N–H and O–H groups in total. The Kier molecular flexibility index (Phi) is 3.52. The van der Waals surface area contributed by atoms with Gasteiger partial charge in [0.25, 0.3) is 6.43 Å². The molecule has 0 bridgehead atoms. The van der Waals surface area contributed by atoms with Crippen LogP contribution in [0.25, 0.3) is 0 Å². The number of hydrogen-bond donors (Lipinski definition) is 1. The Bertz CT molecular complexity index is 398. The summed E-state index contributed by atoms with van der Waals surface area (Å²) in [6, 6.07) is 0.674. The van der Waals surface area contributed by atoms with Crippen LogP contribution in [0.5, 0.6) is 0 Å². The highest BCUT2D eigenvalue weighted by Gasteiger charge is 2.18. The number of rotatable bonds is 3. The zero-order valence-corrected chi connectivity index (χ0v) is 7.93. The van der Waals surface area contributed by atoms with Crippen LogP contribution >= 0.6 is 11.6 Å². The molecule has 1 heterocycles. The molecule has 0 aliphatic rings. The Morgan fingerprint density at radius 3 is 2.67 bits per heavy atom. The van der Waals surface area contributed by atoms with Gasteiger partial charge in [-0.05, 0) is 6.07 Å². The molecule has 7 heteroatoms. The average Bonchev–Trinajstić information content (AvgIpc) is 2.11. The lowest BCUT2D eigenvalue weighted by atomic mass is 10.2. The molecule has 0 spiro atoms. The van der Waals surface area contributed by atoms with Gasteiger partial charge in [0.05, 0.1) is 17.1 Å². The van der Waals surface area contributed by atoms with Gasteiger partial charge in [0.15, 0.2) is 5.82 Å². The van der Waals surface area contributed by atoms with Crippen LogP contribution in [-0.4, -0.2) is 16.1 Å². The van der Waals surface area contributed by atoms with Gasteiger partial charge < -0.3 is 5.11 Å². The highest BCUT2D eigenvalue weighted by atomic mass is 35.5. The molecule has 0 radical (unpaired) electrons. The Morgan fingerprint density at radius 2 is 2.20 bits per heavy atom. The Morgan fingerprint density at radius 1 is 1.60 bits per heavy atom. The van der Waals surface area contributed by atoms with Crippen LogP contribution in [-0.2, 0) is 11.2 Å². The number of carbonyl (C=O) groups is 1. The SMILES string of the molecule is O=C(O)Cc1nc(C(F)F)cc(Cl)c1F. The minimum atomic E-state index is -2.92. The lowest BCUT2D eigenvalue weighted by molar-refractivity contribution is -0.136. The van der Waals surface area contributed by atoms with Crippen LogP contribution in [0.1, 0.15) is 17.8 Å². The van der Waals surface area contributed by atoms with E-state index >= 15 is 0 Å². The number of halogens is 4. The molecule has 0 amide bonds. The van der Waals surface area contributed by atoms with Crippen molar-refractivity contribution in [3.8, 4) is 0 Å². The zero-order valence-electron chi connectivity index (χ0n) is 7.18. The van der Waals surface area contributed by atoms with Crippen molar-refractivity contribution in [1.82, 2.24) is 4.98 Å². The van der Waals surface area contributed by atoms with Crippen molar-refractivity contribution in [2.75, 3.05) is 0 Å². The van der Waals surface area contributed by atoms with Crippen molar-refractivity contribution in [2.45, 2.75) is 12.8 Å². The molecule has 0 aromatic carbocycles. The van der Waals surface area contributed by atoms with Crippen molar-refractivity contribution in [3.05, 3.63) is 28.3 Å². The van der Waals surface area contributed by atoms with E-state index in [-0.39, 0.29) is 0 Å². The summed E-state index contributed by atoms with van der Waals surface area (Å²) in [5.74, 6) is -2.45. The molecular weight excluding hydrogens is 235 g/mol. The number of pyridine rings is 1. The van der Waals surface area contributed by atoms with E-state index in [1.807, 2.05) is 0 Å². The third-order valence-electron chi connectivity index (χ3n) is 1.54. The predicted molar refractivity (Wildman–Crippen MR) is 45.5 cm³/mol. The quantitative estimate of drug-likeness (QED) is 0.881. The summed E-state index contributed by atoms with van der Waals surface area (Å²) in [5, 5.41) is 7.82. The topological polar surface area (TPSA) is 50.2 Å². The smallest absolute Gasteiger partial charge is 0.309 e. The number of hydrogen-bond acceptors (Lipinski definition) is 2. The lowest BCUT2D eigenvalue weighted by Gasteiger charge is -2.05. The van der Waals surface area contributed by atoms with Crippen LogP contribution in [0.4, 0.5) is 13.2 Å². The maximum absolute atomic E-state index is 13.1. The summed E-state index contributed by atoms with van der Waals surface area (Å²) >= 11 is 5.31. The van der Waals surface area contributed by atoms with E-state index in [1.54, 1.807) is 0 Å². The third kappa shape index (κ3) is 2.82. The number of carboxylic acid groups (broad SMARTS) is 1. The van der Waals surface area contributed by atoms with Gasteiger partial charge in [-0.3, -0.25) is 4.79 Å². The Hall–Kier alpha value is -1.30. The second kappa shape index (κ2) is 4.48. The van der Waals surface area contributed by atoms with Crippen LogP contribution in [0.2, 0.25) is 5.02 Å². The largest absolute Gasteiger partial charge is 0.481 e. The molecular formula is C8H5ClF3NO2. The fourth-order valence-electron chi connectivity index (χ4n) is 0.940. The standard InChI is InChI=1S/C8H5ClF3NO2/c9-3-1-5(8(11)12)13-4(7(3)10)2-6(14)15/h1,8H,2H2,(H,14,15). The van der Waals surface area contributed by atoms with Gasteiger partial charge in [0, 0.05) is 0 Å². The van der Waals surface area contributed by atoms with Crippen LogP contribution in [0.3, 0.4) is 0 Å². The minimum absolute atomic E-state index is 0.559. The van der Waals surface area contributed by atoms with Crippen LogP contribution < -0.4 is 0 Å². The van der Waals surface area contributed by atoms with Gasteiger partial charge in [0.2, 0.25) is 0 Å². The number of nitrogens with zero attached hydrogens (tertiary/aromatic N) is 1. The predicted octanol–water partition coefficient (Wildman–Crippen LogP) is 2.44. The Balaban J connectivity index is 3.18. The van der Waals surface area contributed by atoms with Crippen LogP contribution in [0.15, 0.2) is 6.07 Å². The summed E-state index contributed by atoms with van der Waals surface area (Å²) in [5.41, 5.74) is -1.33. The molecule has 1 aromatic rings. The van der Waals surface area contributed by atoms with E-state index < -0.39 is 41.0 Å². The molecule has 82 valence electrons. The molecule has 3 nitrogen and oxygen atoms in total. The molecule has 0 atom stereocenters.